The third-order valence-electron chi connectivity index (χ3n) is 5.21. The number of nitrogens with zero attached hydrogens (tertiary/aromatic N) is 1. The molecule has 0 amide bonds. The van der Waals surface area contributed by atoms with Crippen molar-refractivity contribution in [1.82, 2.24) is 4.90 Å². The van der Waals surface area contributed by atoms with Gasteiger partial charge in [-0.1, -0.05) is 6.92 Å². The molecule has 0 saturated heterocycles. The van der Waals surface area contributed by atoms with Gasteiger partial charge >= 0.3 is 6.92 Å². The summed E-state index contributed by atoms with van der Waals surface area (Å²) in [4.78, 5) is 14.5. The summed E-state index contributed by atoms with van der Waals surface area (Å²) in [6, 6.07) is 0. The Kier molecular flexibility index (Phi) is 5.01. The Morgan fingerprint density at radius 1 is 1.27 bits per heavy atom. The normalized spacial score (nSPS) is 17.5. The van der Waals surface area contributed by atoms with Crippen LogP contribution >= 0.6 is 0 Å². The third-order valence-corrected chi connectivity index (χ3v) is 5.21. The van der Waals surface area contributed by atoms with Gasteiger partial charge < -0.3 is 9.55 Å². The minimum Gasteiger partial charge on any atom is -0.559 e. The van der Waals surface area contributed by atoms with Crippen LogP contribution in [0.4, 0.5) is 0 Å². The van der Waals surface area contributed by atoms with Crippen LogP contribution in [0.3, 0.4) is 0 Å². The van der Waals surface area contributed by atoms with Gasteiger partial charge in [0, 0.05) is 5.94 Å². The highest BCUT2D eigenvalue weighted by molar-refractivity contribution is 6.53. The first kappa shape index (κ1) is 17.1. The van der Waals surface area contributed by atoms with E-state index in [1.54, 1.807) is 6.92 Å². The lowest BCUT2D eigenvalue weighted by molar-refractivity contribution is 0.101. The molecule has 1 heterocycles. The molecule has 1 atom stereocenters. The molecule has 1 aromatic rings. The van der Waals surface area contributed by atoms with Crippen LogP contribution in [0.2, 0.25) is 6.82 Å². The fourth-order valence-corrected chi connectivity index (χ4v) is 3.66. The molecule has 0 bridgehead atoms. The summed E-state index contributed by atoms with van der Waals surface area (Å²) in [5.74, 6) is 1.30. The summed E-state index contributed by atoms with van der Waals surface area (Å²) in [6.07, 6.45) is 2.09. The molecule has 1 aromatic carbocycles. The fraction of sp³-hybridized carbons (Fsp3) is 0.611. The van der Waals surface area contributed by atoms with Crippen LogP contribution in [0, 0.1) is 20.8 Å². The van der Waals surface area contributed by atoms with E-state index in [2.05, 4.69) is 39.5 Å². The van der Waals surface area contributed by atoms with E-state index >= 15 is 0 Å². The topological polar surface area (TPSA) is 29.5 Å². The Balaban J connectivity index is 2.54. The molecular weight excluding hydrogens is 273 g/mol. The molecule has 1 unspecified atom stereocenters. The first-order valence-electron chi connectivity index (χ1n) is 8.30. The first-order valence-corrected chi connectivity index (χ1v) is 8.30. The lowest BCUT2D eigenvalue weighted by atomic mass is 9.57. The highest BCUT2D eigenvalue weighted by atomic mass is 16.4. The van der Waals surface area contributed by atoms with Crippen molar-refractivity contribution in [1.29, 1.82) is 0 Å². The molecule has 0 spiro atoms. The maximum Gasteiger partial charge on any atom is 0.372 e. The van der Waals surface area contributed by atoms with Gasteiger partial charge in [0.2, 0.25) is 0 Å². The van der Waals surface area contributed by atoms with E-state index in [-0.39, 0.29) is 12.7 Å². The van der Waals surface area contributed by atoms with Crippen molar-refractivity contribution in [2.75, 3.05) is 13.6 Å². The monoisotopic (exact) mass is 301 g/mol. The van der Waals surface area contributed by atoms with E-state index in [1.807, 2.05) is 6.92 Å². The zero-order valence-electron chi connectivity index (χ0n) is 15.0. The van der Waals surface area contributed by atoms with Crippen molar-refractivity contribution < 1.29 is 9.45 Å². The first-order chi connectivity index (χ1) is 10.3. The second-order valence-corrected chi connectivity index (χ2v) is 6.69. The molecule has 0 radical (unpaired) electrons. The average molecular weight is 301 g/mol. The summed E-state index contributed by atoms with van der Waals surface area (Å²) < 4.78 is 6.26. The minimum absolute atomic E-state index is 0.101. The standard InChI is InChI=1S/C18H28BNO2/c1-8-9-20(7)16-10-15-12(3)11(2)13(4)17(14(5)21)18(15)22-19(16)6/h16H,8-10H2,1-7H3. The molecule has 1 aliphatic rings. The van der Waals surface area contributed by atoms with Gasteiger partial charge in [0.15, 0.2) is 5.78 Å². The zero-order chi connectivity index (χ0) is 16.6. The van der Waals surface area contributed by atoms with E-state index in [0.717, 1.165) is 36.3 Å². The van der Waals surface area contributed by atoms with Crippen molar-refractivity contribution >= 4 is 12.7 Å². The van der Waals surface area contributed by atoms with Gasteiger partial charge in [-0.2, -0.15) is 0 Å². The van der Waals surface area contributed by atoms with Gasteiger partial charge in [-0.3, -0.25) is 4.79 Å². The van der Waals surface area contributed by atoms with Crippen LogP contribution in [0.1, 0.15) is 52.9 Å². The SMILES string of the molecule is CCCN(C)C1Cc2c(C)c(C)c(C)c(C(C)=O)c2OB1C. The molecule has 0 aliphatic carbocycles. The van der Waals surface area contributed by atoms with E-state index < -0.39 is 0 Å². The predicted molar refractivity (Wildman–Crippen MR) is 93.3 cm³/mol. The Morgan fingerprint density at radius 3 is 2.45 bits per heavy atom. The van der Waals surface area contributed by atoms with Crippen molar-refractivity contribution in [2.45, 2.75) is 60.2 Å². The average Bonchev–Trinajstić information content (AvgIpc) is 2.44. The molecule has 0 aromatic heterocycles. The minimum atomic E-state index is 0.101. The van der Waals surface area contributed by atoms with Crippen LogP contribution in [-0.4, -0.2) is 37.1 Å². The Hall–Kier alpha value is -1.29. The van der Waals surface area contributed by atoms with Crippen LogP contribution < -0.4 is 4.65 Å². The summed E-state index contributed by atoms with van der Waals surface area (Å²) in [6.45, 7) is 13.4. The number of rotatable bonds is 4. The number of carbonyl (C=O) groups excluding carboxylic acids is 1. The maximum absolute atomic E-state index is 12.1. The van der Waals surface area contributed by atoms with E-state index in [1.165, 1.54) is 16.7 Å². The molecule has 120 valence electrons. The van der Waals surface area contributed by atoms with Gasteiger partial charge in [0.05, 0.1) is 5.56 Å². The molecule has 22 heavy (non-hydrogen) atoms. The van der Waals surface area contributed by atoms with E-state index in [0.29, 0.717) is 5.94 Å². The number of ketones is 1. The number of hydrogen-bond donors (Lipinski definition) is 0. The Bertz CT molecular complexity index is 597. The lowest BCUT2D eigenvalue weighted by Crippen LogP contribution is -2.50. The van der Waals surface area contributed by atoms with Crippen molar-refractivity contribution in [2.24, 2.45) is 0 Å². The number of fused-ring (bicyclic) bond motifs is 1. The van der Waals surface area contributed by atoms with Crippen molar-refractivity contribution in [3.63, 3.8) is 0 Å². The lowest BCUT2D eigenvalue weighted by Gasteiger charge is -2.37. The predicted octanol–water partition coefficient (Wildman–Crippen LogP) is 3.62. The Morgan fingerprint density at radius 2 is 1.91 bits per heavy atom. The van der Waals surface area contributed by atoms with Gasteiger partial charge in [0.25, 0.3) is 0 Å². The Labute approximate surface area is 135 Å². The third kappa shape index (κ3) is 2.81. The number of carbonyl (C=O) groups is 1. The maximum atomic E-state index is 12.1. The number of hydrogen-bond acceptors (Lipinski definition) is 3. The van der Waals surface area contributed by atoms with Crippen LogP contribution in [0.25, 0.3) is 0 Å². The summed E-state index contributed by atoms with van der Waals surface area (Å²) in [5, 5.41) is 0. The molecule has 2 rings (SSSR count). The summed E-state index contributed by atoms with van der Waals surface area (Å²) >= 11 is 0. The molecule has 4 heteroatoms. The number of benzene rings is 1. The van der Waals surface area contributed by atoms with Crippen molar-refractivity contribution in [3.8, 4) is 5.75 Å². The van der Waals surface area contributed by atoms with Crippen molar-refractivity contribution in [3.05, 3.63) is 27.8 Å². The van der Waals surface area contributed by atoms with Crippen LogP contribution in [0.5, 0.6) is 5.75 Å². The second-order valence-electron chi connectivity index (χ2n) is 6.69. The van der Waals surface area contributed by atoms with Gasteiger partial charge in [-0.05, 0) is 83.2 Å². The number of likely N-dealkylation sites (N-methyl/N-ethyl adjacent to an activating group) is 1. The summed E-state index contributed by atoms with van der Waals surface area (Å²) in [7, 11) is 2.17. The molecular formula is C18H28BNO2. The summed E-state index contributed by atoms with van der Waals surface area (Å²) in [5.41, 5.74) is 5.57. The van der Waals surface area contributed by atoms with Gasteiger partial charge in [0.1, 0.15) is 5.75 Å². The molecule has 1 aliphatic heterocycles. The van der Waals surface area contributed by atoms with Crippen LogP contribution in [-0.2, 0) is 6.42 Å². The largest absolute Gasteiger partial charge is 0.559 e. The quantitative estimate of drug-likeness (QED) is 0.628. The van der Waals surface area contributed by atoms with Crippen LogP contribution in [0.15, 0.2) is 0 Å². The van der Waals surface area contributed by atoms with E-state index in [9.17, 15) is 4.79 Å². The molecule has 3 nitrogen and oxygen atoms in total. The smallest absolute Gasteiger partial charge is 0.372 e. The van der Waals surface area contributed by atoms with Gasteiger partial charge in [-0.15, -0.1) is 0 Å². The molecule has 0 saturated carbocycles. The van der Waals surface area contributed by atoms with E-state index in [4.69, 9.17) is 4.65 Å². The highest BCUT2D eigenvalue weighted by Crippen LogP contribution is 2.38. The zero-order valence-corrected chi connectivity index (χ0v) is 15.0. The van der Waals surface area contributed by atoms with Gasteiger partial charge in [-0.25, -0.2) is 0 Å². The highest BCUT2D eigenvalue weighted by Gasteiger charge is 2.37. The molecule has 0 N–H and O–H groups in total. The fourth-order valence-electron chi connectivity index (χ4n) is 3.66. The number of Topliss-reactive ketones (excluding diaryl/α,β-unsaturated/α-hetero) is 1. The second kappa shape index (κ2) is 6.45. The molecule has 0 fully saturated rings.